The molecule has 141 heavy (non-hydrogen) atoms. The molecule has 0 bridgehead atoms. The molecular formula is C105H114F2N20O10S4. The van der Waals surface area contributed by atoms with E-state index >= 15 is 0 Å². The number of hydrogen-bond acceptors (Lipinski definition) is 27. The molecule has 30 nitrogen and oxygen atoms in total. The second-order valence-electron chi connectivity index (χ2n) is 36.2. The van der Waals surface area contributed by atoms with Gasteiger partial charge >= 0.3 is 0 Å². The van der Waals surface area contributed by atoms with Gasteiger partial charge in [-0.3, -0.25) is 57.7 Å². The Balaban J connectivity index is 0.000000149. The predicted octanol–water partition coefficient (Wildman–Crippen LogP) is 14.5. The number of hydrogen-bond donors (Lipinski definition) is 5. The van der Waals surface area contributed by atoms with Crippen LogP contribution in [0.15, 0.2) is 241 Å². The van der Waals surface area contributed by atoms with Crippen LogP contribution >= 0.6 is 34.0 Å². The third-order valence-electron chi connectivity index (χ3n) is 26.8. The van der Waals surface area contributed by atoms with E-state index in [2.05, 4.69) is 97.8 Å². The van der Waals surface area contributed by atoms with E-state index in [4.69, 9.17) is 63.7 Å². The minimum atomic E-state index is -3.37. The molecule has 11 aromatic rings. The molecule has 9 atom stereocenters. The number of carbonyl (C=O) groups is 5. The number of piperidine rings is 1. The summed E-state index contributed by atoms with van der Waals surface area (Å²) in [4.78, 5) is 97.9. The fourth-order valence-electron chi connectivity index (χ4n) is 18.1. The van der Waals surface area contributed by atoms with Crippen molar-refractivity contribution in [1.82, 2.24) is 29.4 Å². The number of sulfonamides is 1. The molecule has 732 valence electrons. The summed E-state index contributed by atoms with van der Waals surface area (Å²) in [6.07, 6.45) is 5.23. The van der Waals surface area contributed by atoms with Crippen molar-refractivity contribution < 1.29 is 55.4 Å². The molecule has 6 unspecified atom stereocenters. The first-order valence-electron chi connectivity index (χ1n) is 45.4. The summed E-state index contributed by atoms with van der Waals surface area (Å²) < 4.78 is 69.5. The number of aliphatic imine (C=N–C) groups is 5. The van der Waals surface area contributed by atoms with Crippen LogP contribution in [0.1, 0.15) is 121 Å². The number of anilines is 1. The summed E-state index contributed by atoms with van der Waals surface area (Å²) in [5, 5.41) is 34.1. The van der Waals surface area contributed by atoms with E-state index in [1.165, 1.54) is 113 Å². The Labute approximate surface area is 832 Å². The number of nitriles is 3. The maximum absolute atomic E-state index is 13.6. The summed E-state index contributed by atoms with van der Waals surface area (Å²) in [6, 6.07) is 67.6. The van der Waals surface area contributed by atoms with Gasteiger partial charge in [-0.1, -0.05) is 103 Å². The van der Waals surface area contributed by atoms with Gasteiger partial charge < -0.3 is 42.9 Å². The van der Waals surface area contributed by atoms with Gasteiger partial charge in [0.25, 0.3) is 17.7 Å². The number of carbonyl (C=O) groups excluding carboxylic acids is 5. The Hall–Kier alpha value is -14.4. The van der Waals surface area contributed by atoms with Gasteiger partial charge in [-0.15, -0.1) is 34.0 Å². The molecule has 1 saturated heterocycles. The smallest absolute Gasteiger partial charge is 0.261 e. The number of amides is 5. The van der Waals surface area contributed by atoms with Crippen LogP contribution in [-0.4, -0.2) is 197 Å². The number of benzene rings is 8. The molecule has 8 aromatic carbocycles. The van der Waals surface area contributed by atoms with Crippen LogP contribution in [0, 0.1) is 57.5 Å². The lowest BCUT2D eigenvalue weighted by Gasteiger charge is -2.43. The molecule has 10 N–H and O–H groups in total. The highest BCUT2D eigenvalue weighted by atomic mass is 32.2. The first-order chi connectivity index (χ1) is 67.0. The molecule has 6 aliphatic heterocycles. The molecule has 5 amide bonds. The molecule has 3 aromatic heterocycles. The number of guanidine groups is 5. The Morgan fingerprint density at radius 3 is 1.65 bits per heavy atom. The second kappa shape index (κ2) is 43.5. The van der Waals surface area contributed by atoms with Crippen molar-refractivity contribution in [1.29, 1.82) is 15.8 Å². The summed E-state index contributed by atoms with van der Waals surface area (Å²) in [5.74, 6) is 0.0546. The molecular weight excluding hydrogens is 1870 g/mol. The second-order valence-corrected chi connectivity index (χ2v) is 41.0. The summed E-state index contributed by atoms with van der Waals surface area (Å²) in [5.41, 5.74) is 37.2. The standard InChI is InChI=1S/C27H30N4O4S.C23H25N3OS.C19H25N5O.2C18H17FN4O2S/c1-27(22-11-6-9-20(17-22)21-10-7-13-24(18-21)35-3)25(32)31(26(28)29-27)15-14-19-8-5-12-23(16-19)30(2)36(4,33)34;1-23(18-11-12-20-17(15-18)13-14-28-20)19(21(27)26(2)22(24)25-23)10-6-9-16-7-4-3-5-8-16;1-19(10-17(25)23(2)18(21)22-19)16-7-4-8-24(13-16)12-15-6-3-5-14(9-15)11-20;2*1-18(15(25-3)16(24)23(2)17(21)22-18)14-7-12(9-26-14)10-4-5-13(19)11(6-10)8-20/h5-13,16-18H,14-15H2,1-4H3,(H2,28,29);3-5,7-8,11-15,19H,6,9-10H2,1-2H3,(H2,24,25);3,5-6,9,16H,4,7-8,10,12-13H2,1-2H3,(H2,21,22);2*4-7,9,15H,1-3H3,(H2,21,22)/t;19?,23-;16?,19-;15?,18-;/m.101./s1. The fourth-order valence-corrected chi connectivity index (χ4v) is 21.5. The lowest BCUT2D eigenvalue weighted by atomic mass is 9.75. The lowest BCUT2D eigenvalue weighted by Crippen LogP contribution is -2.57. The van der Waals surface area contributed by atoms with Gasteiger partial charge in [0.15, 0.2) is 47.5 Å². The Morgan fingerprint density at radius 2 is 1.07 bits per heavy atom. The van der Waals surface area contributed by atoms with Gasteiger partial charge in [-0.05, 0) is 265 Å². The zero-order chi connectivity index (χ0) is 102. The van der Waals surface area contributed by atoms with E-state index in [-0.39, 0.29) is 70.4 Å². The zero-order valence-corrected chi connectivity index (χ0v) is 84.2. The molecule has 17 rings (SSSR count). The quantitative estimate of drug-likeness (QED) is 0.0421. The molecule has 0 saturated carbocycles. The summed E-state index contributed by atoms with van der Waals surface area (Å²) in [7, 11) is 9.17. The van der Waals surface area contributed by atoms with Crippen molar-refractivity contribution in [3.05, 3.63) is 282 Å². The number of nitrogens with two attached hydrogens (primary N) is 5. The van der Waals surface area contributed by atoms with Crippen LogP contribution in [0.3, 0.4) is 0 Å². The minimum Gasteiger partial charge on any atom is -0.497 e. The summed E-state index contributed by atoms with van der Waals surface area (Å²) >= 11 is 4.52. The van der Waals surface area contributed by atoms with Crippen molar-refractivity contribution in [2.75, 3.05) is 86.8 Å². The number of rotatable bonds is 22. The van der Waals surface area contributed by atoms with Gasteiger partial charge in [-0.25, -0.2) is 42.2 Å². The highest BCUT2D eigenvalue weighted by Crippen LogP contribution is 2.46. The van der Waals surface area contributed by atoms with Crippen molar-refractivity contribution in [2.45, 2.75) is 126 Å². The lowest BCUT2D eigenvalue weighted by molar-refractivity contribution is -0.143. The predicted molar refractivity (Wildman–Crippen MR) is 549 cm³/mol. The Morgan fingerprint density at radius 1 is 0.525 bits per heavy atom. The number of ether oxygens (including phenoxy) is 3. The highest BCUT2D eigenvalue weighted by molar-refractivity contribution is 7.92. The van der Waals surface area contributed by atoms with E-state index in [1.807, 2.05) is 121 Å². The van der Waals surface area contributed by atoms with Crippen LogP contribution in [-0.2, 0) is 85.0 Å². The number of nitrogens with zero attached hydrogens (tertiary/aromatic N) is 15. The zero-order valence-electron chi connectivity index (χ0n) is 80.9. The number of likely N-dealkylation sites (tertiary alicyclic amines) is 1. The largest absolute Gasteiger partial charge is 0.497 e. The molecule has 0 spiro atoms. The van der Waals surface area contributed by atoms with E-state index in [9.17, 15) is 41.2 Å². The van der Waals surface area contributed by atoms with Crippen molar-refractivity contribution in [3.63, 3.8) is 0 Å². The number of fused-ring (bicyclic) bond motifs is 1. The number of halogens is 2. The van der Waals surface area contributed by atoms with Crippen molar-refractivity contribution in [2.24, 2.45) is 65.5 Å². The third-order valence-corrected chi connectivity index (χ3v) is 31.2. The maximum Gasteiger partial charge on any atom is 0.261 e. The van der Waals surface area contributed by atoms with Gasteiger partial charge in [-0.2, -0.15) is 15.8 Å². The summed E-state index contributed by atoms with van der Waals surface area (Å²) in [6.45, 7) is 12.5. The minimum absolute atomic E-state index is 0.0204. The maximum atomic E-state index is 13.6. The van der Waals surface area contributed by atoms with E-state index < -0.39 is 61.6 Å². The normalized spacial score (nSPS) is 22.3. The number of thiophene rings is 3. The van der Waals surface area contributed by atoms with E-state index in [0.717, 1.165) is 118 Å². The molecule has 0 radical (unpaired) electrons. The first kappa shape index (κ1) is 104. The van der Waals surface area contributed by atoms with Crippen LogP contribution in [0.2, 0.25) is 0 Å². The number of methoxy groups -OCH3 is 3. The molecule has 36 heteroatoms. The van der Waals surface area contributed by atoms with Gasteiger partial charge in [0.05, 0.1) is 65.2 Å². The molecule has 6 aliphatic rings. The molecule has 1 fully saturated rings. The first-order valence-corrected chi connectivity index (χ1v) is 49.9. The van der Waals surface area contributed by atoms with Gasteiger partial charge in [0.2, 0.25) is 21.8 Å². The number of likely N-dealkylation sites (N-methyl/N-ethyl adjacent to an activating group) is 2. The van der Waals surface area contributed by atoms with Crippen LogP contribution in [0.4, 0.5) is 14.5 Å². The molecule has 0 aliphatic carbocycles. The number of aryl methyl sites for hydroxylation is 1. The Bertz CT molecular complexity index is 6830. The van der Waals surface area contributed by atoms with E-state index in [0.29, 0.717) is 53.6 Å². The van der Waals surface area contributed by atoms with Gasteiger partial charge in [0.1, 0.15) is 40.6 Å². The van der Waals surface area contributed by atoms with Gasteiger partial charge in [0, 0.05) is 83.5 Å². The SMILES string of the molecule is CN1C(=O)C(CCCc2ccccc2)[C@@](C)(c2ccc3sccc3c2)N=C1N.CN1C(=O)C[C@@](C)(C2CCCN(Cc3cccc(C#N)c3)C2)N=C1N.COC1C(=O)N(C)C(N)=NC1(C)c1cc(-c2ccc(F)c(C#N)c2)cs1.COC1C(=O)N(C)C(N)=N[C@]1(C)c1cc(-c2ccc(F)c(C#N)c2)cs1.COc1cccc(-c2cccc(C3(C)N=C(N)N(CCc4cccc(N(C)S(C)(=O)=O)c4)C3=O)c2)c1. The van der Waals surface area contributed by atoms with E-state index in [1.54, 1.807) is 97.7 Å². The van der Waals surface area contributed by atoms with Crippen molar-refractivity contribution >= 4 is 119 Å². The van der Waals surface area contributed by atoms with Crippen LogP contribution in [0.5, 0.6) is 5.75 Å². The highest BCUT2D eigenvalue weighted by Gasteiger charge is 2.52. The fraction of sp³-hybridized carbons (Fsp3) is 0.324. The monoisotopic (exact) mass is 1980 g/mol. The average Bonchev–Trinajstić information content (AvgIpc) is 1.22. The Kier molecular flexibility index (Phi) is 32.1. The van der Waals surface area contributed by atoms with Crippen LogP contribution < -0.4 is 37.7 Å². The van der Waals surface area contributed by atoms with Crippen molar-refractivity contribution in [3.8, 4) is 57.3 Å². The van der Waals surface area contributed by atoms with Crippen LogP contribution in [0.25, 0.3) is 43.5 Å². The topological polar surface area (TPSA) is 433 Å². The molecule has 9 heterocycles. The average molecular weight is 1980 g/mol. The third kappa shape index (κ3) is 22.6.